The van der Waals surface area contributed by atoms with Crippen LogP contribution in [0.2, 0.25) is 0 Å². The molecule has 0 fully saturated rings. The van der Waals surface area contributed by atoms with Gasteiger partial charge in [-0.15, -0.1) is 0 Å². The Morgan fingerprint density at radius 1 is 1.10 bits per heavy atom. The molecule has 20 heavy (non-hydrogen) atoms. The molecule has 3 nitrogen and oxygen atoms in total. The van der Waals surface area contributed by atoms with Gasteiger partial charge in [0.2, 0.25) is 0 Å². The summed E-state index contributed by atoms with van der Waals surface area (Å²) in [5.41, 5.74) is 1.43. The molecule has 0 spiro atoms. The van der Waals surface area contributed by atoms with Crippen molar-refractivity contribution in [3.8, 4) is 5.75 Å². The summed E-state index contributed by atoms with van der Waals surface area (Å²) >= 11 is 7.41. The third-order valence-electron chi connectivity index (χ3n) is 2.51. The number of anilines is 2. The zero-order chi connectivity index (χ0) is 14.5. The number of halogens is 2. The minimum Gasteiger partial charge on any atom is -0.494 e. The summed E-state index contributed by atoms with van der Waals surface area (Å²) in [6.45, 7) is 0. The van der Waals surface area contributed by atoms with E-state index in [1.54, 1.807) is 12.1 Å². The van der Waals surface area contributed by atoms with Crippen LogP contribution in [0.1, 0.15) is 0 Å². The fourth-order valence-corrected chi connectivity index (χ4v) is 2.17. The van der Waals surface area contributed by atoms with Gasteiger partial charge in [-0.1, -0.05) is 0 Å². The number of hydrogen-bond acceptors (Lipinski definition) is 2. The third kappa shape index (κ3) is 4.04. The van der Waals surface area contributed by atoms with Gasteiger partial charge in [0.15, 0.2) is 16.7 Å². The second-order valence-corrected chi connectivity index (χ2v) is 5.59. The van der Waals surface area contributed by atoms with E-state index in [9.17, 15) is 4.39 Å². The van der Waals surface area contributed by atoms with Crippen LogP contribution in [-0.4, -0.2) is 12.2 Å². The zero-order valence-electron chi connectivity index (χ0n) is 10.6. The molecular weight excluding hydrogens is 390 g/mol. The highest BCUT2D eigenvalue weighted by molar-refractivity contribution is 14.1. The Balaban J connectivity index is 2.01. The molecule has 104 valence electrons. The molecule has 0 aliphatic carbocycles. The molecule has 0 aliphatic heterocycles. The molecule has 0 aliphatic rings. The molecule has 0 saturated heterocycles. The third-order valence-corrected chi connectivity index (χ3v) is 3.44. The summed E-state index contributed by atoms with van der Waals surface area (Å²) < 4.78 is 19.5. The van der Waals surface area contributed by atoms with Crippen LogP contribution in [0, 0.1) is 9.39 Å². The predicted octanol–water partition coefficient (Wildman–Crippen LogP) is 4.25. The number of benzene rings is 2. The van der Waals surface area contributed by atoms with Crippen LogP contribution < -0.4 is 15.4 Å². The maximum Gasteiger partial charge on any atom is 0.175 e. The molecule has 0 unspecified atom stereocenters. The second kappa shape index (κ2) is 6.85. The van der Waals surface area contributed by atoms with Crippen LogP contribution >= 0.6 is 34.8 Å². The van der Waals surface area contributed by atoms with Crippen LogP contribution in [0.3, 0.4) is 0 Å². The van der Waals surface area contributed by atoms with Gasteiger partial charge in [0, 0.05) is 21.0 Å². The Kier molecular flexibility index (Phi) is 5.13. The van der Waals surface area contributed by atoms with Gasteiger partial charge in [0.05, 0.1) is 7.11 Å². The maximum absolute atomic E-state index is 13.5. The summed E-state index contributed by atoms with van der Waals surface area (Å²) in [7, 11) is 1.43. The molecule has 0 radical (unpaired) electrons. The van der Waals surface area contributed by atoms with E-state index in [4.69, 9.17) is 17.0 Å². The highest BCUT2D eigenvalue weighted by Gasteiger charge is 2.05. The first-order valence-electron chi connectivity index (χ1n) is 5.75. The number of hydrogen-bond donors (Lipinski definition) is 2. The fourth-order valence-electron chi connectivity index (χ4n) is 1.57. The normalized spacial score (nSPS) is 9.95. The lowest BCUT2D eigenvalue weighted by Gasteiger charge is -2.11. The molecule has 2 rings (SSSR count). The summed E-state index contributed by atoms with van der Waals surface area (Å²) in [6, 6.07) is 12.4. The van der Waals surface area contributed by atoms with Gasteiger partial charge in [-0.3, -0.25) is 0 Å². The lowest BCUT2D eigenvalue weighted by Crippen LogP contribution is -2.19. The summed E-state index contributed by atoms with van der Waals surface area (Å²) in [5.74, 6) is -0.235. The van der Waals surface area contributed by atoms with Crippen molar-refractivity contribution in [3.05, 3.63) is 51.9 Å². The first-order valence-corrected chi connectivity index (χ1v) is 7.24. The molecular formula is C14H12FIN2OS. The highest BCUT2D eigenvalue weighted by Crippen LogP contribution is 2.21. The Morgan fingerprint density at radius 2 is 1.70 bits per heavy atom. The molecule has 0 saturated carbocycles. The minimum atomic E-state index is -0.436. The average molecular weight is 402 g/mol. The quantitative estimate of drug-likeness (QED) is 0.594. The lowest BCUT2D eigenvalue weighted by molar-refractivity contribution is 0.387. The average Bonchev–Trinajstić information content (AvgIpc) is 2.41. The van der Waals surface area contributed by atoms with E-state index in [1.165, 1.54) is 13.2 Å². The van der Waals surface area contributed by atoms with Gasteiger partial charge in [0.1, 0.15) is 0 Å². The standard InChI is InChI=1S/C14H12FIN2OS/c1-19-13-7-6-11(8-12(13)15)18-14(20)17-10-4-2-9(16)3-5-10/h2-8H,1H3,(H2,17,18,20). The van der Waals surface area contributed by atoms with E-state index >= 15 is 0 Å². The first-order chi connectivity index (χ1) is 9.58. The summed E-state index contributed by atoms with van der Waals surface area (Å²) in [4.78, 5) is 0. The molecule has 0 atom stereocenters. The van der Waals surface area contributed by atoms with Gasteiger partial charge in [-0.2, -0.15) is 0 Å². The van der Waals surface area contributed by atoms with Crippen molar-refractivity contribution in [1.82, 2.24) is 0 Å². The van der Waals surface area contributed by atoms with Gasteiger partial charge in [-0.05, 0) is 71.2 Å². The van der Waals surface area contributed by atoms with E-state index in [1.807, 2.05) is 24.3 Å². The fraction of sp³-hybridized carbons (Fsp3) is 0.0714. The molecule has 2 aromatic rings. The molecule has 0 amide bonds. The molecule has 0 aromatic heterocycles. The van der Waals surface area contributed by atoms with Crippen LogP contribution in [0.5, 0.6) is 5.75 Å². The van der Waals surface area contributed by atoms with E-state index in [-0.39, 0.29) is 5.75 Å². The zero-order valence-corrected chi connectivity index (χ0v) is 13.6. The van der Waals surface area contributed by atoms with Crippen molar-refractivity contribution in [2.45, 2.75) is 0 Å². The highest BCUT2D eigenvalue weighted by atomic mass is 127. The second-order valence-electron chi connectivity index (χ2n) is 3.94. The van der Waals surface area contributed by atoms with E-state index < -0.39 is 5.82 Å². The van der Waals surface area contributed by atoms with Crippen molar-refractivity contribution in [3.63, 3.8) is 0 Å². The monoisotopic (exact) mass is 402 g/mol. The topological polar surface area (TPSA) is 33.3 Å². The number of thiocarbonyl (C=S) groups is 1. The molecule has 0 bridgehead atoms. The van der Waals surface area contributed by atoms with Gasteiger partial charge >= 0.3 is 0 Å². The van der Waals surface area contributed by atoms with Crippen molar-refractivity contribution < 1.29 is 9.13 Å². The lowest BCUT2D eigenvalue weighted by atomic mass is 10.3. The Labute approximate surface area is 135 Å². The Bertz CT molecular complexity index is 619. The molecule has 6 heteroatoms. The van der Waals surface area contributed by atoms with Gasteiger partial charge in [-0.25, -0.2) is 4.39 Å². The maximum atomic E-state index is 13.5. The van der Waals surface area contributed by atoms with Crippen LogP contribution in [0.15, 0.2) is 42.5 Å². The number of ether oxygens (including phenoxy) is 1. The number of rotatable bonds is 3. The van der Waals surface area contributed by atoms with Crippen LogP contribution in [0.4, 0.5) is 15.8 Å². The number of methoxy groups -OCH3 is 1. The van der Waals surface area contributed by atoms with Crippen molar-refractivity contribution >= 4 is 51.3 Å². The van der Waals surface area contributed by atoms with Gasteiger partial charge < -0.3 is 15.4 Å². The smallest absolute Gasteiger partial charge is 0.175 e. The molecule has 0 heterocycles. The minimum absolute atomic E-state index is 0.201. The van der Waals surface area contributed by atoms with Crippen molar-refractivity contribution in [2.24, 2.45) is 0 Å². The summed E-state index contributed by atoms with van der Waals surface area (Å²) in [6.07, 6.45) is 0. The largest absolute Gasteiger partial charge is 0.494 e. The molecule has 2 aromatic carbocycles. The van der Waals surface area contributed by atoms with Crippen molar-refractivity contribution in [2.75, 3.05) is 17.7 Å². The van der Waals surface area contributed by atoms with Crippen molar-refractivity contribution in [1.29, 1.82) is 0 Å². The number of nitrogens with one attached hydrogen (secondary N) is 2. The van der Waals surface area contributed by atoms with E-state index in [0.29, 0.717) is 10.8 Å². The predicted molar refractivity (Wildman–Crippen MR) is 92.0 cm³/mol. The Morgan fingerprint density at radius 3 is 2.30 bits per heavy atom. The van der Waals surface area contributed by atoms with Crippen LogP contribution in [-0.2, 0) is 0 Å². The Hall–Kier alpha value is -1.41. The van der Waals surface area contributed by atoms with Crippen LogP contribution in [0.25, 0.3) is 0 Å². The van der Waals surface area contributed by atoms with E-state index in [2.05, 4.69) is 33.2 Å². The first kappa shape index (κ1) is 15.0. The molecule has 2 N–H and O–H groups in total. The van der Waals surface area contributed by atoms with E-state index in [0.717, 1.165) is 9.26 Å². The van der Waals surface area contributed by atoms with Gasteiger partial charge in [0.25, 0.3) is 0 Å². The SMILES string of the molecule is COc1ccc(NC(=S)Nc2ccc(I)cc2)cc1F. The summed E-state index contributed by atoms with van der Waals surface area (Å²) in [5, 5.41) is 6.35.